The molecule has 1 atom stereocenters. The van der Waals surface area contributed by atoms with Crippen molar-refractivity contribution < 1.29 is 9.18 Å². The van der Waals surface area contributed by atoms with Gasteiger partial charge in [-0.1, -0.05) is 30.0 Å². The van der Waals surface area contributed by atoms with Crippen molar-refractivity contribution >= 4 is 29.4 Å². The fraction of sp³-hybridized carbons (Fsp3) is 0.467. The van der Waals surface area contributed by atoms with Crippen LogP contribution < -0.4 is 0 Å². The molecule has 2 aliphatic rings. The van der Waals surface area contributed by atoms with Gasteiger partial charge < -0.3 is 4.90 Å². The van der Waals surface area contributed by atoms with E-state index in [1.165, 1.54) is 17.8 Å². The smallest absolute Gasteiger partial charge is 0.234 e. The molecule has 1 aromatic carbocycles. The Morgan fingerprint density at radius 1 is 1.38 bits per heavy atom. The van der Waals surface area contributed by atoms with Crippen LogP contribution in [0.4, 0.5) is 4.39 Å². The first-order chi connectivity index (χ1) is 11.7. The molecule has 24 heavy (non-hydrogen) atoms. The molecule has 1 aromatic heterocycles. The quantitative estimate of drug-likeness (QED) is 0.759. The lowest BCUT2D eigenvalue weighted by Gasteiger charge is -2.24. The summed E-state index contributed by atoms with van der Waals surface area (Å²) >= 11 is 2.95. The van der Waals surface area contributed by atoms with Gasteiger partial charge in [-0.25, -0.2) is 9.07 Å². The normalized spacial score (nSPS) is 20.5. The number of halogens is 1. The van der Waals surface area contributed by atoms with Gasteiger partial charge in [0.15, 0.2) is 0 Å². The second-order valence-electron chi connectivity index (χ2n) is 5.76. The van der Waals surface area contributed by atoms with Gasteiger partial charge in [0, 0.05) is 17.9 Å². The Balaban J connectivity index is 1.43. The van der Waals surface area contributed by atoms with Gasteiger partial charge in [0.1, 0.15) is 11.2 Å². The van der Waals surface area contributed by atoms with Gasteiger partial charge in [-0.15, -0.1) is 16.9 Å². The third-order valence-electron chi connectivity index (χ3n) is 4.06. The molecule has 126 valence electrons. The fourth-order valence-electron chi connectivity index (χ4n) is 2.70. The highest BCUT2D eigenvalue weighted by Crippen LogP contribution is 2.40. The minimum absolute atomic E-state index is 0.0106. The highest BCUT2D eigenvalue weighted by atomic mass is 32.2. The molecule has 9 heteroatoms. The van der Waals surface area contributed by atoms with Crippen LogP contribution >= 0.6 is 23.5 Å². The zero-order valence-corrected chi connectivity index (χ0v) is 14.5. The van der Waals surface area contributed by atoms with Crippen molar-refractivity contribution in [2.75, 3.05) is 18.1 Å². The number of hydrogen-bond donors (Lipinski definition) is 0. The minimum Gasteiger partial charge on any atom is -0.325 e. The number of nitrogens with zero attached hydrogens (tertiary/aromatic N) is 5. The van der Waals surface area contributed by atoms with Crippen molar-refractivity contribution in [2.24, 2.45) is 0 Å². The lowest BCUT2D eigenvalue weighted by Crippen LogP contribution is -2.32. The maximum atomic E-state index is 14.0. The summed E-state index contributed by atoms with van der Waals surface area (Å²) in [6.45, 7) is 0.636. The first-order valence-electron chi connectivity index (χ1n) is 7.80. The SMILES string of the molecule is O=C(CSc1nnnn1C1CC1)N1CCS[C@@H]1c1ccccc1F. The van der Waals surface area contributed by atoms with Crippen LogP contribution in [0.2, 0.25) is 0 Å². The van der Waals surface area contributed by atoms with Crippen LogP contribution in [0.5, 0.6) is 0 Å². The number of benzene rings is 1. The Morgan fingerprint density at radius 3 is 3.00 bits per heavy atom. The molecular weight excluding hydrogens is 349 g/mol. The number of amides is 1. The van der Waals surface area contributed by atoms with Crippen LogP contribution in [0, 0.1) is 5.82 Å². The van der Waals surface area contributed by atoms with Crippen molar-refractivity contribution in [3.8, 4) is 0 Å². The molecule has 0 bridgehead atoms. The number of tetrazole rings is 1. The van der Waals surface area contributed by atoms with Gasteiger partial charge in [0.25, 0.3) is 0 Å². The average Bonchev–Trinajstić information content (AvgIpc) is 3.13. The molecule has 0 unspecified atom stereocenters. The van der Waals surface area contributed by atoms with E-state index in [4.69, 9.17) is 0 Å². The fourth-order valence-corrected chi connectivity index (χ4v) is 4.83. The summed E-state index contributed by atoms with van der Waals surface area (Å²) in [5.74, 6) is 0.803. The molecule has 1 aliphatic heterocycles. The third-order valence-corrected chi connectivity index (χ3v) is 6.22. The van der Waals surface area contributed by atoms with Crippen molar-refractivity contribution in [1.82, 2.24) is 25.1 Å². The molecule has 1 aliphatic carbocycles. The molecule has 1 saturated carbocycles. The van der Waals surface area contributed by atoms with Crippen LogP contribution in [0.25, 0.3) is 0 Å². The van der Waals surface area contributed by atoms with Gasteiger partial charge in [0.05, 0.1) is 11.8 Å². The van der Waals surface area contributed by atoms with E-state index in [-0.39, 0.29) is 22.9 Å². The average molecular weight is 365 g/mol. The first-order valence-corrected chi connectivity index (χ1v) is 9.83. The van der Waals surface area contributed by atoms with Crippen molar-refractivity contribution in [3.63, 3.8) is 0 Å². The number of aromatic nitrogens is 4. The van der Waals surface area contributed by atoms with Crippen LogP contribution in [0.1, 0.15) is 29.8 Å². The van der Waals surface area contributed by atoms with Crippen LogP contribution in [0.15, 0.2) is 29.4 Å². The largest absolute Gasteiger partial charge is 0.325 e. The van der Waals surface area contributed by atoms with Gasteiger partial charge >= 0.3 is 0 Å². The summed E-state index contributed by atoms with van der Waals surface area (Å²) in [7, 11) is 0. The summed E-state index contributed by atoms with van der Waals surface area (Å²) in [5.41, 5.74) is 0.571. The second kappa shape index (κ2) is 6.72. The van der Waals surface area contributed by atoms with E-state index in [0.29, 0.717) is 23.3 Å². The van der Waals surface area contributed by atoms with Crippen LogP contribution in [-0.2, 0) is 4.79 Å². The van der Waals surface area contributed by atoms with E-state index in [2.05, 4.69) is 15.5 Å². The van der Waals surface area contributed by atoms with E-state index in [1.807, 2.05) is 0 Å². The van der Waals surface area contributed by atoms with E-state index in [1.54, 1.807) is 39.5 Å². The molecule has 2 heterocycles. The van der Waals surface area contributed by atoms with E-state index < -0.39 is 0 Å². The lowest BCUT2D eigenvalue weighted by molar-refractivity contribution is -0.128. The lowest BCUT2D eigenvalue weighted by atomic mass is 10.2. The Bertz CT molecular complexity index is 751. The predicted molar refractivity (Wildman–Crippen MR) is 90.1 cm³/mol. The number of rotatable bonds is 5. The zero-order valence-electron chi connectivity index (χ0n) is 12.8. The van der Waals surface area contributed by atoms with Crippen molar-refractivity contribution in [3.05, 3.63) is 35.6 Å². The Morgan fingerprint density at radius 2 is 2.21 bits per heavy atom. The number of carbonyl (C=O) groups excluding carboxylic acids is 1. The highest BCUT2D eigenvalue weighted by molar-refractivity contribution is 8.00. The first kappa shape index (κ1) is 15.9. The monoisotopic (exact) mass is 365 g/mol. The van der Waals surface area contributed by atoms with Gasteiger partial charge in [-0.2, -0.15) is 0 Å². The maximum Gasteiger partial charge on any atom is 0.234 e. The second-order valence-corrected chi connectivity index (χ2v) is 7.89. The number of hydrogen-bond acceptors (Lipinski definition) is 6. The summed E-state index contributed by atoms with van der Waals surface area (Å²) in [6.07, 6.45) is 2.18. The number of thioether (sulfide) groups is 2. The molecule has 4 rings (SSSR count). The molecule has 2 aromatic rings. The van der Waals surface area contributed by atoms with Crippen LogP contribution in [0.3, 0.4) is 0 Å². The summed E-state index contributed by atoms with van der Waals surface area (Å²) in [6, 6.07) is 7.04. The highest BCUT2D eigenvalue weighted by Gasteiger charge is 2.33. The topological polar surface area (TPSA) is 63.9 Å². The van der Waals surface area contributed by atoms with E-state index in [0.717, 1.165) is 18.6 Å². The van der Waals surface area contributed by atoms with Crippen molar-refractivity contribution in [2.45, 2.75) is 29.4 Å². The Labute approximate surface area is 147 Å². The van der Waals surface area contributed by atoms with Gasteiger partial charge in [-0.3, -0.25) is 4.79 Å². The molecule has 1 saturated heterocycles. The number of carbonyl (C=O) groups is 1. The van der Waals surface area contributed by atoms with Crippen molar-refractivity contribution in [1.29, 1.82) is 0 Å². The van der Waals surface area contributed by atoms with Crippen LogP contribution in [-0.4, -0.2) is 49.1 Å². The molecule has 6 nitrogen and oxygen atoms in total. The van der Waals surface area contributed by atoms with E-state index in [9.17, 15) is 9.18 Å². The summed E-state index contributed by atoms with van der Waals surface area (Å²) in [5, 5.41) is 12.1. The minimum atomic E-state index is -0.264. The van der Waals surface area contributed by atoms with E-state index >= 15 is 0 Å². The molecule has 0 radical (unpaired) electrons. The molecular formula is C15H16FN5OS2. The molecule has 0 spiro atoms. The maximum absolute atomic E-state index is 14.0. The van der Waals surface area contributed by atoms with Gasteiger partial charge in [0.2, 0.25) is 11.1 Å². The Hall–Kier alpha value is -1.61. The molecule has 1 amide bonds. The standard InChI is InChI=1S/C15H16FN5OS2/c16-12-4-2-1-3-11(12)14-20(7-8-23-14)13(22)9-24-15-17-18-19-21(15)10-5-6-10/h1-4,10,14H,5-9H2/t14-/m1/s1. The van der Waals surface area contributed by atoms with Gasteiger partial charge in [-0.05, 0) is 29.3 Å². The molecule has 2 fully saturated rings. The Kier molecular flexibility index (Phi) is 4.45. The third kappa shape index (κ3) is 3.14. The predicted octanol–water partition coefficient (Wildman–Crippen LogP) is 2.51. The summed E-state index contributed by atoms with van der Waals surface area (Å²) < 4.78 is 15.8. The zero-order chi connectivity index (χ0) is 16.5. The summed E-state index contributed by atoms with van der Waals surface area (Å²) in [4.78, 5) is 14.4. The molecule has 0 N–H and O–H groups in total.